The first kappa shape index (κ1) is 11.4. The molecule has 0 aromatic carbocycles. The maximum atomic E-state index is 12.1. The summed E-state index contributed by atoms with van der Waals surface area (Å²) >= 11 is 0. The van der Waals surface area contributed by atoms with Crippen LogP contribution in [0.3, 0.4) is 0 Å². The van der Waals surface area contributed by atoms with Crippen LogP contribution in [-0.4, -0.2) is 24.1 Å². The van der Waals surface area contributed by atoms with Crippen molar-refractivity contribution in [2.24, 2.45) is 59.2 Å². The van der Waals surface area contributed by atoms with Crippen LogP contribution in [0.15, 0.2) is 12.2 Å². The second-order valence-corrected chi connectivity index (χ2v) is 8.68. The van der Waals surface area contributed by atoms with E-state index in [1.54, 1.807) is 0 Å². The molecule has 3 heterocycles. The van der Waals surface area contributed by atoms with E-state index in [1.165, 1.54) is 6.42 Å². The largest absolute Gasteiger partial charge is 0.393 e. The molecular formula is C18H18O4. The number of rotatable bonds is 0. The van der Waals surface area contributed by atoms with Gasteiger partial charge in [-0.3, -0.25) is 9.59 Å². The zero-order valence-corrected chi connectivity index (χ0v) is 12.1. The molecule has 7 rings (SSSR count). The molecule has 0 amide bonds. The van der Waals surface area contributed by atoms with E-state index >= 15 is 0 Å². The normalized spacial score (nSPS) is 67.8. The van der Waals surface area contributed by atoms with Crippen LogP contribution >= 0.6 is 0 Å². The van der Waals surface area contributed by atoms with Crippen molar-refractivity contribution in [3.05, 3.63) is 12.2 Å². The zero-order chi connectivity index (χ0) is 14.3. The summed E-state index contributed by atoms with van der Waals surface area (Å²) in [5.74, 6) is 3.74. The van der Waals surface area contributed by atoms with Gasteiger partial charge in [0.2, 0.25) is 0 Å². The average Bonchev–Trinajstić information content (AvgIpc) is 3.31. The number of hydrogen-bond acceptors (Lipinski definition) is 4. The fourth-order valence-electron chi connectivity index (χ4n) is 8.19. The molecule has 0 aromatic heterocycles. The van der Waals surface area contributed by atoms with Gasteiger partial charge < -0.3 is 9.47 Å². The van der Waals surface area contributed by atoms with Gasteiger partial charge in [-0.1, -0.05) is 12.2 Å². The van der Waals surface area contributed by atoms with Crippen LogP contribution in [0, 0.1) is 59.2 Å². The van der Waals surface area contributed by atoms with Crippen LogP contribution in [-0.2, 0) is 19.1 Å². The van der Waals surface area contributed by atoms with Crippen LogP contribution in [0.4, 0.5) is 0 Å². The lowest BCUT2D eigenvalue weighted by molar-refractivity contribution is -0.155. The number of carbonyl (C=O) groups excluding carboxylic acids is 2. The number of ether oxygens (including phenoxy) is 2. The van der Waals surface area contributed by atoms with Crippen molar-refractivity contribution < 1.29 is 19.1 Å². The first-order valence-electron chi connectivity index (χ1n) is 8.83. The highest BCUT2D eigenvalue weighted by atomic mass is 16.6. The summed E-state index contributed by atoms with van der Waals surface area (Å²) in [6.07, 6.45) is 7.89. The average molecular weight is 298 g/mol. The Morgan fingerprint density at radius 1 is 0.773 bits per heavy atom. The van der Waals surface area contributed by atoms with Gasteiger partial charge in [-0.25, -0.2) is 0 Å². The number of cyclic esters (lactones) is 2. The van der Waals surface area contributed by atoms with E-state index < -0.39 is 0 Å². The van der Waals surface area contributed by atoms with Crippen molar-refractivity contribution in [1.82, 2.24) is 0 Å². The Balaban J connectivity index is 1.35. The van der Waals surface area contributed by atoms with Gasteiger partial charge in [-0.15, -0.1) is 0 Å². The van der Waals surface area contributed by atoms with Crippen LogP contribution < -0.4 is 0 Å². The fourth-order valence-corrected chi connectivity index (χ4v) is 8.19. The van der Waals surface area contributed by atoms with E-state index in [0.717, 1.165) is 6.42 Å². The Labute approximate surface area is 128 Å². The van der Waals surface area contributed by atoms with Gasteiger partial charge in [0.15, 0.2) is 0 Å². The third-order valence-corrected chi connectivity index (χ3v) is 8.45. The van der Waals surface area contributed by atoms with Crippen molar-refractivity contribution >= 4 is 11.9 Å². The predicted molar refractivity (Wildman–Crippen MR) is 73.0 cm³/mol. The molecular weight excluding hydrogens is 280 g/mol. The van der Waals surface area contributed by atoms with Crippen LogP contribution in [0.1, 0.15) is 12.8 Å². The summed E-state index contributed by atoms with van der Waals surface area (Å²) in [6.45, 7) is 0. The van der Waals surface area contributed by atoms with E-state index in [9.17, 15) is 9.59 Å². The lowest BCUT2D eigenvalue weighted by Gasteiger charge is -2.42. The molecule has 12 unspecified atom stereocenters. The number of hydrogen-bond donors (Lipinski definition) is 0. The summed E-state index contributed by atoms with van der Waals surface area (Å²) in [5, 5.41) is 0. The molecule has 0 radical (unpaired) electrons. The van der Waals surface area contributed by atoms with Crippen molar-refractivity contribution in [1.29, 1.82) is 0 Å². The molecule has 3 saturated heterocycles. The van der Waals surface area contributed by atoms with Gasteiger partial charge in [0.05, 0.1) is 24.0 Å². The van der Waals surface area contributed by atoms with Gasteiger partial charge in [0, 0.05) is 0 Å². The van der Waals surface area contributed by atoms with Crippen LogP contribution in [0.2, 0.25) is 0 Å². The SMILES string of the molecule is O=C1OC(=O)C2C3CC(C12)C1C2OC(C4C5C=CC(C5)C24)C31. The second-order valence-electron chi connectivity index (χ2n) is 8.68. The number of carbonyl (C=O) groups is 2. The number of allylic oxidation sites excluding steroid dienone is 2. The lowest BCUT2D eigenvalue weighted by Crippen LogP contribution is -2.48. The molecule has 4 heteroatoms. The Morgan fingerprint density at radius 2 is 1.32 bits per heavy atom. The highest BCUT2D eigenvalue weighted by Gasteiger charge is 2.77. The molecule has 3 saturated carbocycles. The highest BCUT2D eigenvalue weighted by Crippen LogP contribution is 2.73. The molecule has 6 bridgehead atoms. The van der Waals surface area contributed by atoms with Crippen molar-refractivity contribution in [3.8, 4) is 0 Å². The quantitative estimate of drug-likeness (QED) is 0.385. The minimum atomic E-state index is -0.242. The molecule has 12 atom stereocenters. The van der Waals surface area contributed by atoms with Gasteiger partial charge in [0.1, 0.15) is 0 Å². The summed E-state index contributed by atoms with van der Waals surface area (Å²) in [5.41, 5.74) is 0. The van der Waals surface area contributed by atoms with E-state index in [-0.39, 0.29) is 23.8 Å². The molecule has 4 aliphatic carbocycles. The Hall–Kier alpha value is -1.16. The third-order valence-electron chi connectivity index (χ3n) is 8.45. The predicted octanol–water partition coefficient (Wildman–Crippen LogP) is 1.40. The second kappa shape index (κ2) is 3.21. The number of fused-ring (bicyclic) bond motifs is 19. The first-order chi connectivity index (χ1) is 10.7. The van der Waals surface area contributed by atoms with E-state index in [2.05, 4.69) is 12.2 Å². The molecule has 7 aliphatic rings. The molecule has 6 fully saturated rings. The van der Waals surface area contributed by atoms with E-state index in [4.69, 9.17) is 9.47 Å². The molecule has 0 N–H and O–H groups in total. The van der Waals surface area contributed by atoms with Crippen molar-refractivity contribution in [2.45, 2.75) is 25.0 Å². The summed E-state index contributed by atoms with van der Waals surface area (Å²) in [7, 11) is 0. The molecule has 0 aromatic rings. The smallest absolute Gasteiger partial charge is 0.317 e. The Bertz CT molecular complexity index is 616. The molecule has 4 nitrogen and oxygen atoms in total. The van der Waals surface area contributed by atoms with Gasteiger partial charge in [-0.2, -0.15) is 0 Å². The number of esters is 2. The highest BCUT2D eigenvalue weighted by molar-refractivity contribution is 5.97. The Kier molecular flexibility index (Phi) is 1.66. The van der Waals surface area contributed by atoms with Gasteiger partial charge in [0.25, 0.3) is 0 Å². The fraction of sp³-hybridized carbons (Fsp3) is 0.778. The minimum Gasteiger partial charge on any atom is -0.393 e. The first-order valence-corrected chi connectivity index (χ1v) is 8.83. The molecule has 3 aliphatic heterocycles. The maximum Gasteiger partial charge on any atom is 0.317 e. The van der Waals surface area contributed by atoms with Gasteiger partial charge in [-0.05, 0) is 60.2 Å². The molecule has 22 heavy (non-hydrogen) atoms. The summed E-state index contributed by atoms with van der Waals surface area (Å²) < 4.78 is 11.5. The third kappa shape index (κ3) is 0.941. The molecule has 0 spiro atoms. The maximum absolute atomic E-state index is 12.1. The standard InChI is InChI=1S/C18H18O4/c19-17-13-7-4-8(14(13)18(20)22-17)12-11(7)15-9-5-1-2-6(3-5)10(9)16(12)21-15/h1-2,5-16H,3-4H2. The summed E-state index contributed by atoms with van der Waals surface area (Å²) in [6, 6.07) is 0. The zero-order valence-electron chi connectivity index (χ0n) is 12.1. The van der Waals surface area contributed by atoms with Crippen molar-refractivity contribution in [2.75, 3.05) is 0 Å². The Morgan fingerprint density at radius 3 is 1.86 bits per heavy atom. The van der Waals surface area contributed by atoms with Gasteiger partial charge >= 0.3 is 11.9 Å². The van der Waals surface area contributed by atoms with Crippen LogP contribution in [0.5, 0.6) is 0 Å². The topological polar surface area (TPSA) is 52.6 Å². The minimum absolute atomic E-state index is 0.144. The van der Waals surface area contributed by atoms with Crippen LogP contribution in [0.25, 0.3) is 0 Å². The molecule has 114 valence electrons. The van der Waals surface area contributed by atoms with E-state index in [1.807, 2.05) is 0 Å². The van der Waals surface area contributed by atoms with Crippen molar-refractivity contribution in [3.63, 3.8) is 0 Å². The lowest BCUT2D eigenvalue weighted by atomic mass is 9.57. The monoisotopic (exact) mass is 298 g/mol. The van der Waals surface area contributed by atoms with E-state index in [0.29, 0.717) is 59.6 Å². The summed E-state index contributed by atoms with van der Waals surface area (Å²) in [4.78, 5) is 24.2.